The van der Waals surface area contributed by atoms with Crippen molar-refractivity contribution in [3.8, 4) is 11.6 Å². The van der Waals surface area contributed by atoms with Crippen molar-refractivity contribution in [1.29, 1.82) is 0 Å². The maximum absolute atomic E-state index is 5.34. The average molecular weight is 314 g/mol. The van der Waals surface area contributed by atoms with Crippen LogP contribution in [-0.4, -0.2) is 42.9 Å². The second kappa shape index (κ2) is 6.33. The molecule has 0 aliphatic carbocycles. The van der Waals surface area contributed by atoms with Crippen LogP contribution in [0.2, 0.25) is 0 Å². The van der Waals surface area contributed by atoms with E-state index in [1.165, 1.54) is 12.8 Å². The van der Waals surface area contributed by atoms with Gasteiger partial charge < -0.3 is 8.94 Å². The van der Waals surface area contributed by atoms with Gasteiger partial charge in [0.25, 0.3) is 0 Å². The minimum absolute atomic E-state index is 0.501. The monoisotopic (exact) mass is 314 g/mol. The van der Waals surface area contributed by atoms with Crippen LogP contribution in [0.5, 0.6) is 0 Å². The van der Waals surface area contributed by atoms with Crippen molar-refractivity contribution >= 4 is 0 Å². The Labute approximate surface area is 133 Å². The summed E-state index contributed by atoms with van der Waals surface area (Å²) in [5.74, 6) is 2.32. The number of rotatable bonds is 5. The Balaban J connectivity index is 1.37. The van der Waals surface area contributed by atoms with Crippen LogP contribution in [0.4, 0.5) is 0 Å². The van der Waals surface area contributed by atoms with Gasteiger partial charge >= 0.3 is 0 Å². The molecule has 0 aromatic carbocycles. The molecule has 1 saturated heterocycles. The first-order valence-electron chi connectivity index (χ1n) is 7.78. The highest BCUT2D eigenvalue weighted by atomic mass is 16.5. The molecule has 120 valence electrons. The van der Waals surface area contributed by atoms with Crippen molar-refractivity contribution in [2.45, 2.75) is 25.9 Å². The molecule has 0 spiro atoms. The van der Waals surface area contributed by atoms with Gasteiger partial charge in [0, 0.05) is 13.1 Å². The Hall–Kier alpha value is -2.48. The maximum Gasteiger partial charge on any atom is 0.241 e. The Morgan fingerprint density at radius 1 is 1.35 bits per heavy atom. The van der Waals surface area contributed by atoms with Crippen LogP contribution < -0.4 is 0 Å². The Kier molecular flexibility index (Phi) is 3.89. The van der Waals surface area contributed by atoms with Crippen molar-refractivity contribution in [3.63, 3.8) is 0 Å². The van der Waals surface area contributed by atoms with Gasteiger partial charge in [-0.05, 0) is 37.4 Å². The van der Waals surface area contributed by atoms with Gasteiger partial charge in [-0.25, -0.2) is 4.98 Å². The van der Waals surface area contributed by atoms with Gasteiger partial charge in [-0.15, -0.1) is 0 Å². The number of aromatic nitrogens is 5. The van der Waals surface area contributed by atoms with E-state index in [2.05, 4.69) is 25.1 Å². The van der Waals surface area contributed by atoms with E-state index >= 15 is 0 Å². The molecule has 1 atom stereocenters. The number of hydrogen-bond acceptors (Lipinski definition) is 7. The first-order valence-corrected chi connectivity index (χ1v) is 7.78. The third-order valence-electron chi connectivity index (χ3n) is 4.08. The lowest BCUT2D eigenvalue weighted by atomic mass is 9.98. The van der Waals surface area contributed by atoms with Gasteiger partial charge in [0.05, 0.1) is 12.8 Å². The normalized spacial score (nSPS) is 19.2. The highest BCUT2D eigenvalue weighted by molar-refractivity contribution is 5.44. The van der Waals surface area contributed by atoms with E-state index in [1.807, 2.05) is 16.8 Å². The minimum Gasteiger partial charge on any atom is -0.461 e. The fourth-order valence-corrected chi connectivity index (χ4v) is 3.05. The largest absolute Gasteiger partial charge is 0.461 e. The molecule has 4 heterocycles. The molecule has 0 unspecified atom stereocenters. The van der Waals surface area contributed by atoms with Crippen LogP contribution in [-0.2, 0) is 13.1 Å². The zero-order valence-corrected chi connectivity index (χ0v) is 12.7. The molecule has 3 aromatic rings. The Bertz CT molecular complexity index is 721. The van der Waals surface area contributed by atoms with Crippen LogP contribution in [0.15, 0.2) is 40.0 Å². The summed E-state index contributed by atoms with van der Waals surface area (Å²) in [5.41, 5.74) is 0. The lowest BCUT2D eigenvalue weighted by Crippen LogP contribution is -2.36. The van der Waals surface area contributed by atoms with Gasteiger partial charge in [-0.2, -0.15) is 10.1 Å². The predicted octanol–water partition coefficient (Wildman–Crippen LogP) is 1.83. The molecule has 0 radical (unpaired) electrons. The molecule has 0 amide bonds. The third-order valence-corrected chi connectivity index (χ3v) is 4.08. The van der Waals surface area contributed by atoms with E-state index in [4.69, 9.17) is 8.94 Å². The number of likely N-dealkylation sites (tertiary alicyclic amines) is 1. The lowest BCUT2D eigenvalue weighted by molar-refractivity contribution is 0.138. The maximum atomic E-state index is 5.34. The zero-order chi connectivity index (χ0) is 15.5. The molecule has 0 saturated carbocycles. The first-order chi connectivity index (χ1) is 11.4. The molecular formula is C15H18N6O2. The van der Waals surface area contributed by atoms with E-state index in [9.17, 15) is 0 Å². The van der Waals surface area contributed by atoms with Gasteiger partial charge in [0.15, 0.2) is 5.76 Å². The van der Waals surface area contributed by atoms with Crippen LogP contribution in [0, 0.1) is 5.92 Å². The highest BCUT2D eigenvalue weighted by Gasteiger charge is 2.22. The summed E-state index contributed by atoms with van der Waals surface area (Å²) in [4.78, 5) is 10.8. The van der Waals surface area contributed by atoms with Gasteiger partial charge in [0.1, 0.15) is 12.7 Å². The van der Waals surface area contributed by atoms with Crippen LogP contribution >= 0.6 is 0 Å². The van der Waals surface area contributed by atoms with Crippen LogP contribution in [0.25, 0.3) is 11.6 Å². The second-order valence-corrected chi connectivity index (χ2v) is 5.85. The van der Waals surface area contributed by atoms with E-state index < -0.39 is 0 Å². The zero-order valence-electron chi connectivity index (χ0n) is 12.7. The summed E-state index contributed by atoms with van der Waals surface area (Å²) in [6.45, 7) is 3.62. The summed E-state index contributed by atoms with van der Waals surface area (Å²) >= 11 is 0. The van der Waals surface area contributed by atoms with E-state index in [0.29, 0.717) is 29.9 Å². The minimum atomic E-state index is 0.501. The van der Waals surface area contributed by atoms with Crippen LogP contribution in [0.1, 0.15) is 18.7 Å². The number of nitrogens with zero attached hydrogens (tertiary/aromatic N) is 6. The molecule has 0 N–H and O–H groups in total. The van der Waals surface area contributed by atoms with Crippen molar-refractivity contribution in [1.82, 2.24) is 29.8 Å². The van der Waals surface area contributed by atoms with Gasteiger partial charge in [-0.3, -0.25) is 9.58 Å². The highest BCUT2D eigenvalue weighted by Crippen LogP contribution is 2.21. The molecule has 1 fully saturated rings. The summed E-state index contributed by atoms with van der Waals surface area (Å²) in [6, 6.07) is 3.63. The molecule has 4 rings (SSSR count). The fourth-order valence-electron chi connectivity index (χ4n) is 3.05. The Morgan fingerprint density at radius 2 is 2.35 bits per heavy atom. The number of piperidine rings is 1. The number of hydrogen-bond donors (Lipinski definition) is 0. The summed E-state index contributed by atoms with van der Waals surface area (Å²) in [6.07, 6.45) is 7.32. The van der Waals surface area contributed by atoms with E-state index in [-0.39, 0.29) is 0 Å². The van der Waals surface area contributed by atoms with E-state index in [0.717, 1.165) is 19.6 Å². The summed E-state index contributed by atoms with van der Waals surface area (Å²) < 4.78 is 12.5. The molecule has 0 bridgehead atoms. The molecule has 8 nitrogen and oxygen atoms in total. The summed E-state index contributed by atoms with van der Waals surface area (Å²) in [5, 5.41) is 8.16. The third kappa shape index (κ3) is 3.31. The van der Waals surface area contributed by atoms with Crippen molar-refractivity contribution in [2.75, 3.05) is 13.1 Å². The van der Waals surface area contributed by atoms with E-state index in [1.54, 1.807) is 18.9 Å². The first kappa shape index (κ1) is 14.1. The van der Waals surface area contributed by atoms with Gasteiger partial charge in [-0.1, -0.05) is 5.16 Å². The smallest absolute Gasteiger partial charge is 0.241 e. The average Bonchev–Trinajstić information content (AvgIpc) is 3.30. The van der Waals surface area contributed by atoms with Gasteiger partial charge in [0.2, 0.25) is 11.7 Å². The standard InChI is InChI=1S/C15H18N6O2/c1-3-12(8-21-11-16-10-17-21)7-20(5-1)9-14-18-15(19-23-14)13-4-2-6-22-13/h2,4,6,10-12H,1,3,5,7-9H2/t12-/m0/s1. The molecular weight excluding hydrogens is 296 g/mol. The lowest BCUT2D eigenvalue weighted by Gasteiger charge is -2.31. The second-order valence-electron chi connectivity index (χ2n) is 5.85. The quantitative estimate of drug-likeness (QED) is 0.710. The Morgan fingerprint density at radius 3 is 3.17 bits per heavy atom. The van der Waals surface area contributed by atoms with Crippen molar-refractivity contribution in [3.05, 3.63) is 36.9 Å². The number of furan rings is 1. The molecule has 23 heavy (non-hydrogen) atoms. The fraction of sp³-hybridized carbons (Fsp3) is 0.467. The van der Waals surface area contributed by atoms with Crippen LogP contribution in [0.3, 0.4) is 0 Å². The molecule has 1 aliphatic rings. The SMILES string of the molecule is c1coc(-c2noc(CN3CCC[C@H](Cn4cncn4)C3)n2)c1. The predicted molar refractivity (Wildman–Crippen MR) is 80.0 cm³/mol. The topological polar surface area (TPSA) is 86.0 Å². The van der Waals surface area contributed by atoms with Crippen molar-refractivity contribution in [2.24, 2.45) is 5.92 Å². The van der Waals surface area contributed by atoms with Crippen molar-refractivity contribution < 1.29 is 8.94 Å². The molecule has 3 aromatic heterocycles. The molecule has 8 heteroatoms. The summed E-state index contributed by atoms with van der Waals surface area (Å²) in [7, 11) is 0. The molecule has 1 aliphatic heterocycles.